The van der Waals surface area contributed by atoms with Crippen LogP contribution in [0.3, 0.4) is 0 Å². The summed E-state index contributed by atoms with van der Waals surface area (Å²) in [7, 11) is 0. The molecule has 88 valence electrons. The summed E-state index contributed by atoms with van der Waals surface area (Å²) in [6.07, 6.45) is 5.40. The van der Waals surface area contributed by atoms with Crippen molar-refractivity contribution in [3.8, 4) is 11.1 Å². The monoisotopic (exact) mass is 234 g/mol. The molecule has 0 heterocycles. The Kier molecular flexibility index (Phi) is 2.60. The second kappa shape index (κ2) is 4.26. The van der Waals surface area contributed by atoms with E-state index >= 15 is 0 Å². The molecule has 0 N–H and O–H groups in total. The van der Waals surface area contributed by atoms with Crippen LogP contribution in [0.2, 0.25) is 0 Å². The Morgan fingerprint density at radius 1 is 1.00 bits per heavy atom. The number of hydrogen-bond donors (Lipinski definition) is 0. The number of carbonyl (C=O) groups excluding carboxylic acids is 1. The van der Waals surface area contributed by atoms with E-state index in [0.29, 0.717) is 0 Å². The van der Waals surface area contributed by atoms with Gasteiger partial charge in [0.05, 0.1) is 0 Å². The van der Waals surface area contributed by atoms with Crippen molar-refractivity contribution in [1.82, 2.24) is 0 Å². The highest BCUT2D eigenvalue weighted by molar-refractivity contribution is 5.94. The lowest BCUT2D eigenvalue weighted by atomic mass is 9.99. The summed E-state index contributed by atoms with van der Waals surface area (Å²) in [5, 5.41) is 0. The molecule has 0 aromatic heterocycles. The van der Waals surface area contributed by atoms with E-state index in [1.807, 2.05) is 24.3 Å². The van der Waals surface area contributed by atoms with Crippen molar-refractivity contribution in [3.63, 3.8) is 0 Å². The summed E-state index contributed by atoms with van der Waals surface area (Å²) >= 11 is 0. The second-order valence-corrected chi connectivity index (χ2v) is 4.65. The molecule has 0 atom stereocenters. The fourth-order valence-electron chi connectivity index (χ4n) is 2.33. The first kappa shape index (κ1) is 11.0. The standard InChI is InChI=1S/C17H14O/c1-12(18)13-5-7-15(8-6-13)17-10-9-14-3-2-4-16(14)11-17/h2,4-11H,3H2,1H3. The third-order valence-corrected chi connectivity index (χ3v) is 3.41. The number of rotatable bonds is 2. The molecule has 3 rings (SSSR count). The van der Waals surface area contributed by atoms with E-state index in [0.717, 1.165) is 17.5 Å². The minimum atomic E-state index is 0.110. The van der Waals surface area contributed by atoms with E-state index in [9.17, 15) is 4.79 Å². The minimum absolute atomic E-state index is 0.110. The van der Waals surface area contributed by atoms with Crippen molar-refractivity contribution in [2.24, 2.45) is 0 Å². The first-order valence-corrected chi connectivity index (χ1v) is 6.15. The molecule has 2 aromatic carbocycles. The fraction of sp³-hybridized carbons (Fsp3) is 0.118. The number of carbonyl (C=O) groups is 1. The van der Waals surface area contributed by atoms with Gasteiger partial charge in [0, 0.05) is 5.56 Å². The number of Topliss-reactive ketones (excluding diaryl/α,β-unsaturated/α-hetero) is 1. The summed E-state index contributed by atoms with van der Waals surface area (Å²) in [5.74, 6) is 0.110. The van der Waals surface area contributed by atoms with Crippen LogP contribution < -0.4 is 0 Å². The molecule has 0 aliphatic heterocycles. The van der Waals surface area contributed by atoms with Crippen molar-refractivity contribution >= 4 is 11.9 Å². The Balaban J connectivity index is 1.99. The predicted octanol–water partition coefficient (Wildman–Crippen LogP) is 4.13. The van der Waals surface area contributed by atoms with Crippen LogP contribution in [0.15, 0.2) is 48.5 Å². The smallest absolute Gasteiger partial charge is 0.159 e. The molecule has 1 aliphatic carbocycles. The molecule has 18 heavy (non-hydrogen) atoms. The van der Waals surface area contributed by atoms with Gasteiger partial charge in [0.25, 0.3) is 0 Å². The van der Waals surface area contributed by atoms with Crippen LogP contribution in [-0.4, -0.2) is 5.78 Å². The highest BCUT2D eigenvalue weighted by atomic mass is 16.1. The van der Waals surface area contributed by atoms with Gasteiger partial charge in [-0.25, -0.2) is 0 Å². The fourth-order valence-corrected chi connectivity index (χ4v) is 2.33. The van der Waals surface area contributed by atoms with Crippen LogP contribution in [0, 0.1) is 0 Å². The SMILES string of the molecule is CC(=O)c1ccc(-c2ccc3c(c2)C=CC3)cc1. The molecule has 0 amide bonds. The molecule has 0 radical (unpaired) electrons. The molecule has 0 saturated heterocycles. The Morgan fingerprint density at radius 3 is 2.44 bits per heavy atom. The highest BCUT2D eigenvalue weighted by Crippen LogP contribution is 2.27. The summed E-state index contributed by atoms with van der Waals surface area (Å²) in [6.45, 7) is 1.59. The van der Waals surface area contributed by atoms with Gasteiger partial charge in [0.1, 0.15) is 0 Å². The van der Waals surface area contributed by atoms with Crippen LogP contribution in [0.4, 0.5) is 0 Å². The molecule has 1 aliphatic rings. The average Bonchev–Trinajstić information content (AvgIpc) is 2.86. The van der Waals surface area contributed by atoms with E-state index in [4.69, 9.17) is 0 Å². The lowest BCUT2D eigenvalue weighted by Crippen LogP contribution is -1.91. The van der Waals surface area contributed by atoms with Crippen molar-refractivity contribution in [2.75, 3.05) is 0 Å². The maximum atomic E-state index is 11.2. The van der Waals surface area contributed by atoms with Gasteiger partial charge >= 0.3 is 0 Å². The lowest BCUT2D eigenvalue weighted by molar-refractivity contribution is 0.101. The molecule has 0 bridgehead atoms. The third-order valence-electron chi connectivity index (χ3n) is 3.41. The summed E-state index contributed by atoms with van der Waals surface area (Å²) in [4.78, 5) is 11.2. The van der Waals surface area contributed by atoms with Gasteiger partial charge in [-0.1, -0.05) is 48.6 Å². The second-order valence-electron chi connectivity index (χ2n) is 4.65. The molecular weight excluding hydrogens is 220 g/mol. The van der Waals surface area contributed by atoms with E-state index in [-0.39, 0.29) is 5.78 Å². The van der Waals surface area contributed by atoms with E-state index in [1.54, 1.807) is 6.92 Å². The number of allylic oxidation sites excluding steroid dienone is 1. The summed E-state index contributed by atoms with van der Waals surface area (Å²) < 4.78 is 0. The first-order chi connectivity index (χ1) is 8.74. The van der Waals surface area contributed by atoms with Crippen molar-refractivity contribution in [3.05, 3.63) is 65.2 Å². The van der Waals surface area contributed by atoms with Crippen molar-refractivity contribution in [2.45, 2.75) is 13.3 Å². The van der Waals surface area contributed by atoms with Gasteiger partial charge in [-0.2, -0.15) is 0 Å². The van der Waals surface area contributed by atoms with Gasteiger partial charge in [-0.15, -0.1) is 0 Å². The van der Waals surface area contributed by atoms with Gasteiger partial charge in [0.15, 0.2) is 5.78 Å². The quantitative estimate of drug-likeness (QED) is 0.714. The van der Waals surface area contributed by atoms with Crippen LogP contribution in [0.1, 0.15) is 28.4 Å². The molecule has 0 spiro atoms. The molecule has 0 fully saturated rings. The number of fused-ring (bicyclic) bond motifs is 1. The van der Waals surface area contributed by atoms with Gasteiger partial charge < -0.3 is 0 Å². The van der Waals surface area contributed by atoms with Gasteiger partial charge in [-0.3, -0.25) is 4.79 Å². The summed E-state index contributed by atoms with van der Waals surface area (Å²) in [5.41, 5.74) is 5.82. The van der Waals surface area contributed by atoms with Crippen LogP contribution >= 0.6 is 0 Å². The van der Waals surface area contributed by atoms with Crippen LogP contribution in [0.5, 0.6) is 0 Å². The van der Waals surface area contributed by atoms with Crippen molar-refractivity contribution in [1.29, 1.82) is 0 Å². The van der Waals surface area contributed by atoms with Crippen LogP contribution in [-0.2, 0) is 6.42 Å². The molecular formula is C17H14O. The number of ketones is 1. The topological polar surface area (TPSA) is 17.1 Å². The molecule has 0 saturated carbocycles. The maximum Gasteiger partial charge on any atom is 0.159 e. The van der Waals surface area contributed by atoms with Crippen molar-refractivity contribution < 1.29 is 4.79 Å². The zero-order valence-electron chi connectivity index (χ0n) is 10.3. The first-order valence-electron chi connectivity index (χ1n) is 6.15. The lowest BCUT2D eigenvalue weighted by Gasteiger charge is -2.05. The van der Waals surface area contributed by atoms with Gasteiger partial charge in [0.2, 0.25) is 0 Å². The zero-order chi connectivity index (χ0) is 12.5. The normalized spacial score (nSPS) is 12.5. The Hall–Kier alpha value is -2.15. The maximum absolute atomic E-state index is 11.2. The van der Waals surface area contributed by atoms with E-state index in [2.05, 4.69) is 30.4 Å². The Labute approximate surface area is 107 Å². The average molecular weight is 234 g/mol. The van der Waals surface area contributed by atoms with E-state index in [1.165, 1.54) is 16.7 Å². The largest absolute Gasteiger partial charge is 0.295 e. The Bertz CT molecular complexity index is 633. The van der Waals surface area contributed by atoms with Crippen LogP contribution in [0.25, 0.3) is 17.2 Å². The number of benzene rings is 2. The minimum Gasteiger partial charge on any atom is -0.295 e. The van der Waals surface area contributed by atoms with E-state index < -0.39 is 0 Å². The molecule has 2 aromatic rings. The molecule has 1 nitrogen and oxygen atoms in total. The Morgan fingerprint density at radius 2 is 1.72 bits per heavy atom. The molecule has 0 unspecified atom stereocenters. The zero-order valence-corrected chi connectivity index (χ0v) is 10.3. The van der Waals surface area contributed by atoms with Gasteiger partial charge in [-0.05, 0) is 41.7 Å². The number of hydrogen-bond acceptors (Lipinski definition) is 1. The summed E-state index contributed by atoms with van der Waals surface area (Å²) in [6, 6.07) is 14.3. The highest BCUT2D eigenvalue weighted by Gasteiger charge is 2.07. The third kappa shape index (κ3) is 1.88. The molecule has 1 heteroatoms. The predicted molar refractivity (Wildman–Crippen MR) is 74.6 cm³/mol.